The van der Waals surface area contributed by atoms with Crippen molar-refractivity contribution in [3.8, 4) is 0 Å². The molecule has 0 saturated carbocycles. The summed E-state index contributed by atoms with van der Waals surface area (Å²) in [5, 5.41) is 0. The molecule has 0 aliphatic rings. The largest absolute Gasteiger partial charge is 0.523 e. The van der Waals surface area contributed by atoms with Gasteiger partial charge in [0.2, 0.25) is 0 Å². The first-order valence-corrected chi connectivity index (χ1v) is 6.86. The first kappa shape index (κ1) is 16.7. The molecule has 0 aromatic rings. The van der Waals surface area contributed by atoms with Crippen LogP contribution in [0.1, 0.15) is 40.5 Å². The molecule has 3 nitrogen and oxygen atoms in total. The third-order valence-electron chi connectivity index (χ3n) is 2.01. The molecule has 0 heterocycles. The normalized spacial score (nSPS) is 14.0. The molecule has 0 unspecified atom stereocenters. The average molecular weight is 276 g/mol. The lowest BCUT2D eigenvalue weighted by Crippen LogP contribution is -2.31. The molecule has 0 atom stereocenters. The van der Waals surface area contributed by atoms with E-state index < -0.39 is 21.7 Å². The van der Waals surface area contributed by atoms with E-state index in [1.54, 1.807) is 27.7 Å². The first-order chi connectivity index (χ1) is 7.45. The molecule has 0 aliphatic heterocycles. The highest BCUT2D eigenvalue weighted by Gasteiger charge is 2.48. The van der Waals surface area contributed by atoms with Crippen LogP contribution in [0.5, 0.6) is 0 Å². The SMILES string of the molecule is CC(C)CC(CC(C)C)OS(=O)(=O)C(F)(F)F. The Morgan fingerprint density at radius 2 is 1.35 bits per heavy atom. The third kappa shape index (κ3) is 6.26. The Morgan fingerprint density at radius 3 is 1.59 bits per heavy atom. The fraction of sp³-hybridized carbons (Fsp3) is 1.00. The molecule has 0 spiro atoms. The predicted octanol–water partition coefficient (Wildman–Crippen LogP) is 3.31. The minimum Gasteiger partial charge on any atom is -0.260 e. The van der Waals surface area contributed by atoms with E-state index >= 15 is 0 Å². The van der Waals surface area contributed by atoms with Crippen molar-refractivity contribution in [2.45, 2.75) is 52.1 Å². The number of hydrogen-bond acceptors (Lipinski definition) is 3. The molecular weight excluding hydrogens is 257 g/mol. The van der Waals surface area contributed by atoms with Crippen molar-refractivity contribution >= 4 is 10.1 Å². The zero-order chi connectivity index (χ0) is 13.9. The van der Waals surface area contributed by atoms with E-state index in [0.717, 1.165) is 0 Å². The molecule has 0 bridgehead atoms. The summed E-state index contributed by atoms with van der Waals surface area (Å²) in [4.78, 5) is 0. The molecular formula is C10H19F3O3S. The van der Waals surface area contributed by atoms with Gasteiger partial charge < -0.3 is 0 Å². The zero-order valence-electron chi connectivity index (χ0n) is 10.4. The Kier molecular flexibility index (Phi) is 5.93. The predicted molar refractivity (Wildman–Crippen MR) is 58.8 cm³/mol. The van der Waals surface area contributed by atoms with Crippen LogP contribution < -0.4 is 0 Å². The summed E-state index contributed by atoms with van der Waals surface area (Å²) in [6, 6.07) is 0. The summed E-state index contributed by atoms with van der Waals surface area (Å²) in [6.07, 6.45) is -0.345. The minimum atomic E-state index is -5.49. The molecule has 0 N–H and O–H groups in total. The molecule has 0 amide bonds. The summed E-state index contributed by atoms with van der Waals surface area (Å²) >= 11 is 0. The van der Waals surface area contributed by atoms with Crippen LogP contribution in [0.3, 0.4) is 0 Å². The van der Waals surface area contributed by atoms with Crippen LogP contribution in [0, 0.1) is 11.8 Å². The van der Waals surface area contributed by atoms with Gasteiger partial charge in [-0.15, -0.1) is 0 Å². The molecule has 0 fully saturated rings. The van der Waals surface area contributed by atoms with Crippen LogP contribution in [0.15, 0.2) is 0 Å². The van der Waals surface area contributed by atoms with Crippen molar-refractivity contribution in [2.24, 2.45) is 11.8 Å². The summed E-state index contributed by atoms with van der Waals surface area (Å²) in [5.41, 5.74) is -5.35. The molecule has 0 rings (SSSR count). The van der Waals surface area contributed by atoms with E-state index in [0.29, 0.717) is 0 Å². The monoisotopic (exact) mass is 276 g/mol. The van der Waals surface area contributed by atoms with Crippen molar-refractivity contribution in [3.63, 3.8) is 0 Å². The Balaban J connectivity index is 4.75. The van der Waals surface area contributed by atoms with Crippen molar-refractivity contribution in [1.82, 2.24) is 0 Å². The summed E-state index contributed by atoms with van der Waals surface area (Å²) in [5.74, 6) is 0.143. The number of hydrogen-bond donors (Lipinski definition) is 0. The Labute approximate surface area is 100 Å². The van der Waals surface area contributed by atoms with E-state index in [9.17, 15) is 21.6 Å². The van der Waals surface area contributed by atoms with E-state index in [1.807, 2.05) is 0 Å². The first-order valence-electron chi connectivity index (χ1n) is 5.45. The zero-order valence-corrected chi connectivity index (χ0v) is 11.2. The summed E-state index contributed by atoms with van der Waals surface area (Å²) < 4.78 is 62.5. The van der Waals surface area contributed by atoms with Gasteiger partial charge in [-0.1, -0.05) is 27.7 Å². The molecule has 7 heteroatoms. The van der Waals surface area contributed by atoms with Gasteiger partial charge in [0, 0.05) is 0 Å². The fourth-order valence-electron chi connectivity index (χ4n) is 1.46. The molecule has 0 saturated heterocycles. The van der Waals surface area contributed by atoms with Crippen molar-refractivity contribution < 1.29 is 25.8 Å². The second kappa shape index (κ2) is 6.04. The van der Waals surface area contributed by atoms with Crippen molar-refractivity contribution in [3.05, 3.63) is 0 Å². The lowest BCUT2D eigenvalue weighted by atomic mass is 9.98. The topological polar surface area (TPSA) is 43.4 Å². The van der Waals surface area contributed by atoms with Crippen molar-refractivity contribution in [1.29, 1.82) is 0 Å². The summed E-state index contributed by atoms with van der Waals surface area (Å²) in [6.45, 7) is 7.21. The minimum absolute atomic E-state index is 0.0715. The maximum Gasteiger partial charge on any atom is 0.523 e. The van der Waals surface area contributed by atoms with Crippen LogP contribution in [-0.2, 0) is 14.3 Å². The van der Waals surface area contributed by atoms with E-state index in [2.05, 4.69) is 4.18 Å². The number of rotatable bonds is 6. The van der Waals surface area contributed by atoms with Gasteiger partial charge in [0.1, 0.15) is 0 Å². The molecule has 0 aromatic carbocycles. The smallest absolute Gasteiger partial charge is 0.260 e. The Hall–Kier alpha value is -0.300. The third-order valence-corrected chi connectivity index (χ3v) is 3.11. The molecule has 0 radical (unpaired) electrons. The van der Waals surface area contributed by atoms with Gasteiger partial charge in [-0.05, 0) is 24.7 Å². The lowest BCUT2D eigenvalue weighted by Gasteiger charge is -2.21. The highest BCUT2D eigenvalue weighted by molar-refractivity contribution is 7.87. The Morgan fingerprint density at radius 1 is 1.00 bits per heavy atom. The van der Waals surface area contributed by atoms with Crippen LogP contribution in [-0.4, -0.2) is 20.0 Å². The maximum atomic E-state index is 12.2. The lowest BCUT2D eigenvalue weighted by molar-refractivity contribution is -0.0586. The molecule has 17 heavy (non-hydrogen) atoms. The standard InChI is InChI=1S/C10H19F3O3S/c1-7(2)5-9(6-8(3)4)16-17(14,15)10(11,12)13/h7-9H,5-6H2,1-4H3. The second-order valence-electron chi connectivity index (χ2n) is 4.88. The van der Waals surface area contributed by atoms with Gasteiger partial charge in [0.25, 0.3) is 0 Å². The maximum absolute atomic E-state index is 12.2. The Bertz CT molecular complexity index is 310. The van der Waals surface area contributed by atoms with Gasteiger partial charge in [-0.3, -0.25) is 4.18 Å². The van der Waals surface area contributed by atoms with Gasteiger partial charge in [0.05, 0.1) is 6.10 Å². The second-order valence-corrected chi connectivity index (χ2v) is 6.44. The van der Waals surface area contributed by atoms with E-state index in [4.69, 9.17) is 0 Å². The number of alkyl halides is 3. The van der Waals surface area contributed by atoms with Gasteiger partial charge in [0.15, 0.2) is 0 Å². The van der Waals surface area contributed by atoms with Crippen molar-refractivity contribution in [2.75, 3.05) is 0 Å². The number of halogens is 3. The van der Waals surface area contributed by atoms with Crippen LogP contribution in [0.4, 0.5) is 13.2 Å². The average Bonchev–Trinajstić information content (AvgIpc) is 1.96. The molecule has 0 aliphatic carbocycles. The van der Waals surface area contributed by atoms with E-state index in [-0.39, 0.29) is 24.7 Å². The fourth-order valence-corrected chi connectivity index (χ4v) is 2.08. The van der Waals surface area contributed by atoms with Crippen LogP contribution in [0.25, 0.3) is 0 Å². The van der Waals surface area contributed by atoms with E-state index in [1.165, 1.54) is 0 Å². The summed E-state index contributed by atoms with van der Waals surface area (Å²) in [7, 11) is -5.49. The quantitative estimate of drug-likeness (QED) is 0.552. The molecule has 0 aromatic heterocycles. The highest BCUT2D eigenvalue weighted by Crippen LogP contribution is 2.28. The molecule has 104 valence electrons. The van der Waals surface area contributed by atoms with Gasteiger partial charge in [-0.25, -0.2) is 0 Å². The van der Waals surface area contributed by atoms with Crippen LogP contribution >= 0.6 is 0 Å². The van der Waals surface area contributed by atoms with Gasteiger partial charge >= 0.3 is 15.6 Å². The van der Waals surface area contributed by atoms with Gasteiger partial charge in [-0.2, -0.15) is 21.6 Å². The van der Waals surface area contributed by atoms with Crippen LogP contribution in [0.2, 0.25) is 0 Å². The highest BCUT2D eigenvalue weighted by atomic mass is 32.2.